The Morgan fingerprint density at radius 2 is 1.47 bits per heavy atom. The first-order valence-electron chi connectivity index (χ1n) is 12.4. The molecule has 4 fully saturated rings. The maximum absolute atomic E-state index is 2.59. The van der Waals surface area contributed by atoms with E-state index in [-0.39, 0.29) is 0 Å². The molecule has 1 heteroatoms. The number of hydrogen-bond donors (Lipinski definition) is 0. The topological polar surface area (TPSA) is 0 Å². The lowest BCUT2D eigenvalue weighted by Crippen LogP contribution is -2.45. The molecule has 5 aliphatic rings. The molecule has 30 heavy (non-hydrogen) atoms. The summed E-state index contributed by atoms with van der Waals surface area (Å²) in [6.45, 7) is 7.30. The SMILES string of the molecule is C[Si](C)(C)c1ccc(-c2cccc3c2C=C(CC2C4CC5CC(C4)CC2C5)C3)cc1. The van der Waals surface area contributed by atoms with E-state index >= 15 is 0 Å². The number of fused-ring (bicyclic) bond motifs is 1. The standard InChI is InChI=1S/C29H36Si/c1-30(2,3)26-9-7-22(8-10-26)27-6-4-5-23-12-21(18-29(23)27)17-28-24-13-19-11-20(15-24)16-25(28)14-19/h4-10,18-20,24-25,28H,11-17H2,1-3H3. The second-order valence-corrected chi connectivity index (χ2v) is 17.1. The first-order chi connectivity index (χ1) is 14.4. The van der Waals surface area contributed by atoms with Crippen LogP contribution in [-0.4, -0.2) is 8.07 Å². The Hall–Kier alpha value is -1.60. The Morgan fingerprint density at radius 1 is 0.800 bits per heavy atom. The zero-order valence-electron chi connectivity index (χ0n) is 19.0. The zero-order valence-corrected chi connectivity index (χ0v) is 20.0. The Kier molecular flexibility index (Phi) is 4.43. The lowest BCUT2D eigenvalue weighted by molar-refractivity contribution is -0.0360. The molecular formula is C29H36Si. The van der Waals surface area contributed by atoms with Crippen molar-refractivity contribution in [3.05, 3.63) is 59.2 Å². The highest BCUT2D eigenvalue weighted by atomic mass is 28.3. The molecule has 2 aromatic carbocycles. The van der Waals surface area contributed by atoms with E-state index in [1.54, 1.807) is 48.4 Å². The summed E-state index contributed by atoms with van der Waals surface area (Å²) in [4.78, 5) is 0. The second kappa shape index (κ2) is 6.95. The van der Waals surface area contributed by atoms with Crippen molar-refractivity contribution in [3.8, 4) is 11.1 Å². The van der Waals surface area contributed by atoms with Gasteiger partial charge in [-0.2, -0.15) is 0 Å². The molecule has 0 aliphatic heterocycles. The molecule has 0 aromatic heterocycles. The minimum absolute atomic E-state index is 0.984. The quantitative estimate of drug-likeness (QED) is 0.462. The third-order valence-electron chi connectivity index (χ3n) is 8.94. The molecule has 0 nitrogen and oxygen atoms in total. The maximum Gasteiger partial charge on any atom is 0.0775 e. The number of hydrogen-bond acceptors (Lipinski definition) is 0. The third-order valence-corrected chi connectivity index (χ3v) is 11.0. The van der Waals surface area contributed by atoms with E-state index in [4.69, 9.17) is 0 Å². The number of rotatable bonds is 4. The Balaban J connectivity index is 1.26. The summed E-state index contributed by atoms with van der Waals surface area (Å²) >= 11 is 0. The summed E-state index contributed by atoms with van der Waals surface area (Å²) < 4.78 is 0. The van der Waals surface area contributed by atoms with E-state index in [2.05, 4.69) is 68.2 Å². The summed E-state index contributed by atoms with van der Waals surface area (Å²) in [7, 11) is -1.24. The van der Waals surface area contributed by atoms with Gasteiger partial charge in [-0.1, -0.05) is 78.9 Å². The fourth-order valence-corrected chi connectivity index (χ4v) is 8.81. The van der Waals surface area contributed by atoms with Gasteiger partial charge in [-0.15, -0.1) is 0 Å². The molecule has 4 bridgehead atoms. The van der Waals surface area contributed by atoms with Gasteiger partial charge in [0.1, 0.15) is 0 Å². The minimum atomic E-state index is -1.24. The molecule has 0 unspecified atom stereocenters. The molecule has 0 saturated heterocycles. The largest absolute Gasteiger partial charge is 0.0775 e. The highest BCUT2D eigenvalue weighted by Crippen LogP contribution is 2.58. The van der Waals surface area contributed by atoms with Crippen LogP contribution in [0.2, 0.25) is 19.6 Å². The average Bonchev–Trinajstić information content (AvgIpc) is 3.12. The molecule has 5 aliphatic carbocycles. The second-order valence-electron chi connectivity index (χ2n) is 12.0. The van der Waals surface area contributed by atoms with Crippen LogP contribution in [0.1, 0.15) is 49.7 Å². The summed E-state index contributed by atoms with van der Waals surface area (Å²) in [6.07, 6.45) is 12.9. The van der Waals surface area contributed by atoms with Crippen LogP contribution in [-0.2, 0) is 6.42 Å². The van der Waals surface area contributed by atoms with Crippen LogP contribution < -0.4 is 5.19 Å². The third kappa shape index (κ3) is 3.25. The van der Waals surface area contributed by atoms with E-state index < -0.39 is 8.07 Å². The smallest absolute Gasteiger partial charge is 0.0656 e. The van der Waals surface area contributed by atoms with Gasteiger partial charge in [0, 0.05) is 0 Å². The zero-order chi connectivity index (χ0) is 20.5. The Labute approximate surface area is 183 Å². The Bertz CT molecular complexity index is 960. The predicted molar refractivity (Wildman–Crippen MR) is 132 cm³/mol. The van der Waals surface area contributed by atoms with Gasteiger partial charge in [0.25, 0.3) is 0 Å². The van der Waals surface area contributed by atoms with Crippen molar-refractivity contribution in [2.45, 2.75) is 64.6 Å². The van der Waals surface area contributed by atoms with Crippen molar-refractivity contribution < 1.29 is 0 Å². The van der Waals surface area contributed by atoms with Crippen molar-refractivity contribution in [2.24, 2.45) is 29.6 Å². The van der Waals surface area contributed by atoms with Crippen molar-refractivity contribution in [2.75, 3.05) is 0 Å². The van der Waals surface area contributed by atoms with Crippen LogP contribution in [0.25, 0.3) is 17.2 Å². The fourth-order valence-electron chi connectivity index (χ4n) is 7.64. The maximum atomic E-state index is 2.59. The van der Waals surface area contributed by atoms with Gasteiger partial charge >= 0.3 is 0 Å². The molecule has 2 aromatic rings. The van der Waals surface area contributed by atoms with E-state index in [1.807, 2.05) is 0 Å². The van der Waals surface area contributed by atoms with Crippen LogP contribution in [0.5, 0.6) is 0 Å². The molecule has 0 spiro atoms. The molecule has 0 heterocycles. The summed E-state index contributed by atoms with van der Waals surface area (Å²) in [5, 5.41) is 1.55. The summed E-state index contributed by atoms with van der Waals surface area (Å²) in [6, 6.07) is 16.5. The lowest BCUT2D eigenvalue weighted by atomic mass is 9.51. The van der Waals surface area contributed by atoms with Crippen molar-refractivity contribution in [1.29, 1.82) is 0 Å². The van der Waals surface area contributed by atoms with E-state index in [9.17, 15) is 0 Å². The van der Waals surface area contributed by atoms with Gasteiger partial charge in [0.2, 0.25) is 0 Å². The van der Waals surface area contributed by atoms with E-state index in [0.717, 1.165) is 29.6 Å². The molecule has 156 valence electrons. The van der Waals surface area contributed by atoms with Gasteiger partial charge in [0.15, 0.2) is 0 Å². The van der Waals surface area contributed by atoms with Gasteiger partial charge in [-0.3, -0.25) is 0 Å². The predicted octanol–water partition coefficient (Wildman–Crippen LogP) is 7.30. The monoisotopic (exact) mass is 412 g/mol. The first-order valence-corrected chi connectivity index (χ1v) is 15.9. The fraction of sp³-hybridized carbons (Fsp3) is 0.517. The molecule has 0 N–H and O–H groups in total. The van der Waals surface area contributed by atoms with Crippen molar-refractivity contribution in [3.63, 3.8) is 0 Å². The van der Waals surface area contributed by atoms with Crippen molar-refractivity contribution >= 4 is 19.3 Å². The number of allylic oxidation sites excluding steroid dienone is 1. The minimum Gasteiger partial charge on any atom is -0.0656 e. The normalized spacial score (nSPS) is 31.7. The van der Waals surface area contributed by atoms with Gasteiger partial charge in [0.05, 0.1) is 8.07 Å². The van der Waals surface area contributed by atoms with Crippen LogP contribution in [0, 0.1) is 29.6 Å². The van der Waals surface area contributed by atoms with E-state index in [0.29, 0.717) is 0 Å². The summed E-state index contributed by atoms with van der Waals surface area (Å²) in [5.74, 6) is 5.24. The van der Waals surface area contributed by atoms with E-state index in [1.165, 1.54) is 29.5 Å². The summed E-state index contributed by atoms with van der Waals surface area (Å²) in [5.41, 5.74) is 7.61. The lowest BCUT2D eigenvalue weighted by Gasteiger charge is -2.54. The van der Waals surface area contributed by atoms with Gasteiger partial charge in [-0.05, 0) is 96.8 Å². The number of benzene rings is 2. The molecule has 0 radical (unpaired) electrons. The highest BCUT2D eigenvalue weighted by Gasteiger charge is 2.48. The first kappa shape index (κ1) is 19.1. The van der Waals surface area contributed by atoms with Gasteiger partial charge in [-0.25, -0.2) is 0 Å². The molecule has 4 saturated carbocycles. The molecule has 7 rings (SSSR count). The van der Waals surface area contributed by atoms with Crippen molar-refractivity contribution in [1.82, 2.24) is 0 Å². The average molecular weight is 413 g/mol. The van der Waals surface area contributed by atoms with Crippen LogP contribution >= 0.6 is 0 Å². The molecule has 0 atom stereocenters. The highest BCUT2D eigenvalue weighted by molar-refractivity contribution is 6.88. The van der Waals surface area contributed by atoms with Crippen LogP contribution in [0.4, 0.5) is 0 Å². The Morgan fingerprint density at radius 3 is 2.10 bits per heavy atom. The van der Waals surface area contributed by atoms with Gasteiger partial charge < -0.3 is 0 Å². The van der Waals surface area contributed by atoms with Crippen LogP contribution in [0.15, 0.2) is 48.0 Å². The molecular weight excluding hydrogens is 376 g/mol. The molecule has 0 amide bonds. The van der Waals surface area contributed by atoms with Crippen LogP contribution in [0.3, 0.4) is 0 Å².